The minimum absolute atomic E-state index is 0.109. The molecular weight excluding hydrogens is 306 g/mol. The minimum atomic E-state index is -0.818. The van der Waals surface area contributed by atoms with Crippen LogP contribution in [0.15, 0.2) is 34.9 Å². The molecule has 7 nitrogen and oxygen atoms in total. The first-order valence-corrected chi connectivity index (χ1v) is 6.69. The quantitative estimate of drug-likeness (QED) is 0.239. The number of carbonyl (C=O) groups excluding carboxylic acids is 2. The minimum Gasteiger partial charge on any atom is -0.497 e. The molecule has 0 aliphatic heterocycles. The van der Waals surface area contributed by atoms with Gasteiger partial charge in [-0.2, -0.15) is 5.26 Å². The van der Waals surface area contributed by atoms with Crippen molar-refractivity contribution in [2.75, 3.05) is 13.7 Å². The number of nitrogens with one attached hydrogen (secondary N) is 2. The van der Waals surface area contributed by atoms with Crippen molar-refractivity contribution in [1.29, 1.82) is 5.26 Å². The van der Waals surface area contributed by atoms with E-state index in [1.165, 1.54) is 7.11 Å². The average molecular weight is 321 g/mol. The number of benzene rings is 1. The van der Waals surface area contributed by atoms with Crippen LogP contribution in [0.2, 0.25) is 0 Å². The summed E-state index contributed by atoms with van der Waals surface area (Å²) in [6, 6.07) is 8.05. The molecular formula is C14H15N3O4S. The number of nitriles is 1. The van der Waals surface area contributed by atoms with Crippen molar-refractivity contribution in [3.05, 3.63) is 40.4 Å². The molecule has 1 aromatic carbocycles. The molecule has 0 fully saturated rings. The molecule has 22 heavy (non-hydrogen) atoms. The van der Waals surface area contributed by atoms with E-state index < -0.39 is 11.9 Å². The lowest BCUT2D eigenvalue weighted by molar-refractivity contribution is -0.138. The van der Waals surface area contributed by atoms with E-state index in [0.717, 1.165) is 0 Å². The summed E-state index contributed by atoms with van der Waals surface area (Å²) in [7, 11) is 1.52. The van der Waals surface area contributed by atoms with E-state index in [1.54, 1.807) is 37.3 Å². The molecule has 1 amide bonds. The molecule has 0 atom stereocenters. The van der Waals surface area contributed by atoms with Crippen LogP contribution in [0.3, 0.4) is 0 Å². The van der Waals surface area contributed by atoms with Crippen LogP contribution in [-0.4, -0.2) is 25.6 Å². The molecule has 0 radical (unpaired) electrons. The molecule has 0 saturated heterocycles. The van der Waals surface area contributed by atoms with Gasteiger partial charge in [-0.1, -0.05) is 0 Å². The fourth-order valence-electron chi connectivity index (χ4n) is 1.39. The van der Waals surface area contributed by atoms with Gasteiger partial charge in [-0.3, -0.25) is 15.6 Å². The van der Waals surface area contributed by atoms with Crippen LogP contribution in [0.1, 0.15) is 17.3 Å². The summed E-state index contributed by atoms with van der Waals surface area (Å²) >= 11 is 3.97. The van der Waals surface area contributed by atoms with Gasteiger partial charge in [0.2, 0.25) is 0 Å². The van der Waals surface area contributed by atoms with Crippen molar-refractivity contribution in [1.82, 2.24) is 10.9 Å². The largest absolute Gasteiger partial charge is 0.497 e. The van der Waals surface area contributed by atoms with Gasteiger partial charge < -0.3 is 9.47 Å². The number of hydrazine groups is 1. The van der Waals surface area contributed by atoms with Crippen molar-refractivity contribution in [2.24, 2.45) is 0 Å². The highest BCUT2D eigenvalue weighted by molar-refractivity contribution is 7.84. The highest BCUT2D eigenvalue weighted by Gasteiger charge is 2.15. The Kier molecular flexibility index (Phi) is 6.79. The Morgan fingerprint density at radius 1 is 1.27 bits per heavy atom. The third-order valence-electron chi connectivity index (χ3n) is 2.47. The summed E-state index contributed by atoms with van der Waals surface area (Å²) in [5, 5.41) is 8.80. The van der Waals surface area contributed by atoms with Gasteiger partial charge >= 0.3 is 5.97 Å². The average Bonchev–Trinajstić information content (AvgIpc) is 2.53. The lowest BCUT2D eigenvalue weighted by Crippen LogP contribution is -2.36. The van der Waals surface area contributed by atoms with Gasteiger partial charge in [-0.15, -0.1) is 12.6 Å². The summed E-state index contributed by atoms with van der Waals surface area (Å²) in [5.41, 5.74) is 4.75. The molecule has 2 N–H and O–H groups in total. The maximum absolute atomic E-state index is 11.9. The topological polar surface area (TPSA) is 100 Å². The Labute approximate surface area is 133 Å². The standard InChI is InChI=1S/C14H15N3O4S/c1-3-21-14(19)11(8-15)13(22)17-16-12(18)9-4-6-10(20-2)7-5-9/h4-7,17,22H,3H2,1-2H3,(H,16,18). The lowest BCUT2D eigenvalue weighted by Gasteiger charge is -2.10. The molecule has 1 rings (SSSR count). The molecule has 0 aromatic heterocycles. The van der Waals surface area contributed by atoms with E-state index in [9.17, 15) is 9.59 Å². The Hall–Kier alpha value is -2.66. The molecule has 1 aromatic rings. The predicted octanol–water partition coefficient (Wildman–Crippen LogP) is 1.16. The van der Waals surface area contributed by atoms with E-state index in [4.69, 9.17) is 14.7 Å². The molecule has 0 bridgehead atoms. The molecule has 8 heteroatoms. The summed E-state index contributed by atoms with van der Waals surface area (Å²) < 4.78 is 9.69. The molecule has 0 heterocycles. The van der Waals surface area contributed by atoms with E-state index >= 15 is 0 Å². The van der Waals surface area contributed by atoms with Crippen LogP contribution in [0, 0.1) is 11.3 Å². The smallest absolute Gasteiger partial charge is 0.351 e. The van der Waals surface area contributed by atoms with Crippen LogP contribution < -0.4 is 15.6 Å². The van der Waals surface area contributed by atoms with Gasteiger partial charge in [0.05, 0.1) is 13.7 Å². The molecule has 0 saturated carbocycles. The normalized spacial score (nSPS) is 10.8. The molecule has 0 aliphatic carbocycles. The molecule has 0 spiro atoms. The predicted molar refractivity (Wildman–Crippen MR) is 81.9 cm³/mol. The number of ether oxygens (including phenoxy) is 2. The van der Waals surface area contributed by atoms with Crippen LogP contribution in [0.25, 0.3) is 0 Å². The van der Waals surface area contributed by atoms with Gasteiger partial charge in [0.25, 0.3) is 5.91 Å². The Bertz CT molecular complexity index is 620. The van der Waals surface area contributed by atoms with E-state index in [1.807, 2.05) is 0 Å². The summed E-state index contributed by atoms with van der Waals surface area (Å²) in [4.78, 5) is 23.4. The zero-order valence-corrected chi connectivity index (χ0v) is 12.9. The number of hydrogen-bond acceptors (Lipinski definition) is 7. The summed E-state index contributed by atoms with van der Waals surface area (Å²) in [6.07, 6.45) is 0. The first-order valence-electron chi connectivity index (χ1n) is 6.24. The molecule has 0 aliphatic rings. The van der Waals surface area contributed by atoms with Crippen molar-refractivity contribution in [3.8, 4) is 11.8 Å². The number of rotatable bonds is 6. The SMILES string of the molecule is CCOC(=O)C(C#N)=C(S)NNC(=O)c1ccc(OC)cc1. The number of nitrogens with zero attached hydrogens (tertiary/aromatic N) is 1. The second-order valence-electron chi connectivity index (χ2n) is 3.86. The van der Waals surface area contributed by atoms with E-state index in [-0.39, 0.29) is 17.2 Å². The fraction of sp³-hybridized carbons (Fsp3) is 0.214. The van der Waals surface area contributed by atoms with Crippen molar-refractivity contribution in [2.45, 2.75) is 6.92 Å². The molecule has 116 valence electrons. The van der Waals surface area contributed by atoms with Gasteiger partial charge in [0.15, 0.2) is 5.57 Å². The van der Waals surface area contributed by atoms with Crippen molar-refractivity contribution in [3.63, 3.8) is 0 Å². The third kappa shape index (κ3) is 4.71. The van der Waals surface area contributed by atoms with Crippen LogP contribution in [-0.2, 0) is 9.53 Å². The van der Waals surface area contributed by atoms with E-state index in [2.05, 4.69) is 23.5 Å². The second kappa shape index (κ2) is 8.59. The number of esters is 1. The Balaban J connectivity index is 2.72. The van der Waals surface area contributed by atoms with Crippen LogP contribution in [0.5, 0.6) is 5.75 Å². The number of methoxy groups -OCH3 is 1. The van der Waals surface area contributed by atoms with Gasteiger partial charge in [0, 0.05) is 5.56 Å². The second-order valence-corrected chi connectivity index (χ2v) is 4.31. The van der Waals surface area contributed by atoms with Crippen LogP contribution in [0.4, 0.5) is 0 Å². The van der Waals surface area contributed by atoms with Gasteiger partial charge in [-0.25, -0.2) is 4.79 Å². The highest BCUT2D eigenvalue weighted by atomic mass is 32.1. The fourth-order valence-corrected chi connectivity index (χ4v) is 1.59. The third-order valence-corrected chi connectivity index (χ3v) is 2.81. The lowest BCUT2D eigenvalue weighted by atomic mass is 10.2. The van der Waals surface area contributed by atoms with Crippen LogP contribution >= 0.6 is 12.6 Å². The maximum atomic E-state index is 11.9. The summed E-state index contributed by atoms with van der Waals surface area (Å²) in [6.45, 7) is 1.74. The number of carbonyl (C=O) groups is 2. The first kappa shape index (κ1) is 17.4. The van der Waals surface area contributed by atoms with Crippen molar-refractivity contribution >= 4 is 24.5 Å². The Morgan fingerprint density at radius 3 is 2.41 bits per heavy atom. The summed E-state index contributed by atoms with van der Waals surface area (Å²) in [5.74, 6) is -0.662. The van der Waals surface area contributed by atoms with Crippen molar-refractivity contribution < 1.29 is 19.1 Å². The highest BCUT2D eigenvalue weighted by Crippen LogP contribution is 2.11. The first-order chi connectivity index (χ1) is 10.5. The number of amides is 1. The number of thiol groups is 1. The monoisotopic (exact) mass is 321 g/mol. The maximum Gasteiger partial charge on any atom is 0.351 e. The van der Waals surface area contributed by atoms with Gasteiger partial charge in [0.1, 0.15) is 16.8 Å². The Morgan fingerprint density at radius 2 is 1.91 bits per heavy atom. The van der Waals surface area contributed by atoms with Gasteiger partial charge in [-0.05, 0) is 31.2 Å². The van der Waals surface area contributed by atoms with E-state index in [0.29, 0.717) is 11.3 Å². The zero-order chi connectivity index (χ0) is 16.5. The zero-order valence-electron chi connectivity index (χ0n) is 12.0. The number of hydrogen-bond donors (Lipinski definition) is 3. The molecule has 0 unspecified atom stereocenters.